The Kier molecular flexibility index (Phi) is 4.24. The number of nitrogens with zero attached hydrogens (tertiary/aromatic N) is 6. The van der Waals surface area contributed by atoms with Crippen molar-refractivity contribution in [2.24, 2.45) is 5.73 Å². The molecule has 1 amide bonds. The lowest BCUT2D eigenvalue weighted by molar-refractivity contribution is 0.100. The van der Waals surface area contributed by atoms with E-state index in [0.717, 1.165) is 6.42 Å². The lowest BCUT2D eigenvalue weighted by Gasteiger charge is -2.42. The molecule has 1 aromatic carbocycles. The number of halogens is 1. The summed E-state index contributed by atoms with van der Waals surface area (Å²) in [6.45, 7) is 0.662. The fourth-order valence-corrected chi connectivity index (χ4v) is 4.58. The molecule has 1 aliphatic rings. The largest absolute Gasteiger partial charge is 0.366 e. The summed E-state index contributed by atoms with van der Waals surface area (Å²) in [6.07, 6.45) is 5.37. The number of rotatable bonds is 4. The van der Waals surface area contributed by atoms with Crippen molar-refractivity contribution >= 4 is 39.9 Å². The van der Waals surface area contributed by atoms with E-state index < -0.39 is 5.91 Å². The summed E-state index contributed by atoms with van der Waals surface area (Å²) in [5.41, 5.74) is 7.13. The molecule has 0 aliphatic carbocycles. The first-order valence-corrected chi connectivity index (χ1v) is 10.7. The van der Waals surface area contributed by atoms with Gasteiger partial charge < -0.3 is 15.6 Å². The molecule has 4 aromatic heterocycles. The average molecular weight is 461 g/mol. The van der Waals surface area contributed by atoms with Gasteiger partial charge >= 0.3 is 0 Å². The lowest BCUT2D eigenvalue weighted by atomic mass is 10.0. The minimum atomic E-state index is -0.572. The van der Waals surface area contributed by atoms with Crippen molar-refractivity contribution < 1.29 is 4.79 Å². The minimum absolute atomic E-state index is 0.264. The predicted octanol–water partition coefficient (Wildman–Crippen LogP) is 2.46. The van der Waals surface area contributed by atoms with E-state index in [1.165, 1.54) is 17.0 Å². The van der Waals surface area contributed by atoms with Gasteiger partial charge in [0.2, 0.25) is 0 Å². The zero-order valence-corrected chi connectivity index (χ0v) is 17.9. The summed E-state index contributed by atoms with van der Waals surface area (Å²) in [4.78, 5) is 39.2. The molecule has 3 N–H and O–H groups in total. The molecule has 1 atom stereocenters. The van der Waals surface area contributed by atoms with Crippen LogP contribution in [0.5, 0.6) is 0 Å². The topological polar surface area (TPSA) is 127 Å². The maximum atomic E-state index is 13.5. The number of amides is 1. The molecule has 0 saturated carbocycles. The third-order valence-electron chi connectivity index (χ3n) is 5.98. The number of aromatic nitrogens is 6. The Balaban J connectivity index is 1.57. The molecule has 33 heavy (non-hydrogen) atoms. The fraction of sp³-hybridized carbons (Fsp3) is 0.136. The average Bonchev–Trinajstić information content (AvgIpc) is 3.38. The van der Waals surface area contributed by atoms with Gasteiger partial charge in [-0.25, -0.2) is 14.5 Å². The van der Waals surface area contributed by atoms with Crippen molar-refractivity contribution in [3.8, 4) is 5.69 Å². The summed E-state index contributed by atoms with van der Waals surface area (Å²) in [5.74, 6) is 0.531. The number of anilines is 1. The number of hydrogen-bond acceptors (Lipinski definition) is 6. The zero-order valence-electron chi connectivity index (χ0n) is 17.1. The second-order valence-electron chi connectivity index (χ2n) is 7.78. The molecule has 1 saturated heterocycles. The van der Waals surface area contributed by atoms with Crippen LogP contribution in [0.4, 0.5) is 5.82 Å². The highest BCUT2D eigenvalue weighted by Gasteiger charge is 2.37. The van der Waals surface area contributed by atoms with E-state index in [4.69, 9.17) is 22.4 Å². The molecule has 0 radical (unpaired) electrons. The van der Waals surface area contributed by atoms with Crippen LogP contribution in [0.1, 0.15) is 28.6 Å². The summed E-state index contributed by atoms with van der Waals surface area (Å²) in [6, 6.07) is 10.7. The van der Waals surface area contributed by atoms with E-state index in [-0.39, 0.29) is 11.6 Å². The van der Waals surface area contributed by atoms with E-state index >= 15 is 0 Å². The van der Waals surface area contributed by atoms with Gasteiger partial charge in [0.05, 0.1) is 27.7 Å². The van der Waals surface area contributed by atoms with Crippen LogP contribution < -0.4 is 16.2 Å². The number of aromatic amines is 1. The molecule has 5 aromatic rings. The van der Waals surface area contributed by atoms with Crippen LogP contribution in [0.2, 0.25) is 5.02 Å². The Morgan fingerprint density at radius 2 is 2.00 bits per heavy atom. The second kappa shape index (κ2) is 7.17. The van der Waals surface area contributed by atoms with Gasteiger partial charge in [0, 0.05) is 18.9 Å². The van der Waals surface area contributed by atoms with Crippen molar-refractivity contribution in [2.45, 2.75) is 12.5 Å². The van der Waals surface area contributed by atoms with Crippen LogP contribution in [-0.2, 0) is 0 Å². The SMILES string of the molecule is NC(=O)c1c[nH]c2ncnc(N3CC[C@H]3c3nn4ccc(Cl)c4c(=O)n3-c3ccccc3)c12. The Morgan fingerprint density at radius 3 is 2.73 bits per heavy atom. The standard InChI is InChI=1S/C22H17ClN8O2/c23-14-6-9-30-17(14)22(33)31(12-4-2-1-3-5-12)20(28-30)15-7-8-29(15)21-16-13(18(24)32)10-25-19(16)26-11-27-21/h1-6,9-11,15H,7-8H2,(H2,24,32)(H,25,26,27)/t15-/m0/s1. The van der Waals surface area contributed by atoms with Crippen LogP contribution in [0.3, 0.4) is 0 Å². The predicted molar refractivity (Wildman–Crippen MR) is 123 cm³/mol. The van der Waals surface area contributed by atoms with Gasteiger partial charge in [-0.3, -0.25) is 14.2 Å². The van der Waals surface area contributed by atoms with Gasteiger partial charge in [-0.15, -0.1) is 0 Å². The smallest absolute Gasteiger partial charge is 0.284 e. The van der Waals surface area contributed by atoms with E-state index in [0.29, 0.717) is 51.0 Å². The van der Waals surface area contributed by atoms with Gasteiger partial charge in [-0.1, -0.05) is 29.8 Å². The van der Waals surface area contributed by atoms with Crippen LogP contribution >= 0.6 is 11.6 Å². The molecular weight excluding hydrogens is 444 g/mol. The normalized spacial score (nSPS) is 15.8. The molecule has 10 nitrogen and oxygen atoms in total. The number of carbonyl (C=O) groups excluding carboxylic acids is 1. The van der Waals surface area contributed by atoms with Crippen LogP contribution in [0.25, 0.3) is 22.2 Å². The number of carbonyl (C=O) groups is 1. The maximum Gasteiger partial charge on any atom is 0.284 e. The van der Waals surface area contributed by atoms with Crippen LogP contribution in [0.15, 0.2) is 59.9 Å². The quantitative estimate of drug-likeness (QED) is 0.424. The fourth-order valence-electron chi connectivity index (χ4n) is 4.36. The molecule has 164 valence electrons. The molecule has 0 spiro atoms. The third kappa shape index (κ3) is 2.84. The molecule has 6 rings (SSSR count). The highest BCUT2D eigenvalue weighted by Crippen LogP contribution is 2.39. The summed E-state index contributed by atoms with van der Waals surface area (Å²) < 4.78 is 3.10. The Bertz CT molecular complexity index is 1600. The summed E-state index contributed by atoms with van der Waals surface area (Å²) in [7, 11) is 0. The first-order chi connectivity index (χ1) is 16.0. The Morgan fingerprint density at radius 1 is 1.18 bits per heavy atom. The van der Waals surface area contributed by atoms with Gasteiger partial charge in [-0.2, -0.15) is 5.10 Å². The number of H-pyrrole nitrogens is 1. The van der Waals surface area contributed by atoms with Gasteiger partial charge in [0.25, 0.3) is 11.5 Å². The summed E-state index contributed by atoms with van der Waals surface area (Å²) >= 11 is 6.29. The van der Waals surface area contributed by atoms with Crippen LogP contribution in [0, 0.1) is 0 Å². The number of para-hydroxylation sites is 1. The molecule has 0 bridgehead atoms. The molecule has 5 heterocycles. The van der Waals surface area contributed by atoms with Gasteiger partial charge in [0.15, 0.2) is 5.82 Å². The van der Waals surface area contributed by atoms with Crippen molar-refractivity contribution in [2.75, 3.05) is 11.4 Å². The van der Waals surface area contributed by atoms with Crippen LogP contribution in [-0.4, -0.2) is 41.6 Å². The van der Waals surface area contributed by atoms with Gasteiger partial charge in [-0.05, 0) is 24.6 Å². The number of fused-ring (bicyclic) bond motifs is 2. The van der Waals surface area contributed by atoms with Gasteiger partial charge in [0.1, 0.15) is 23.3 Å². The zero-order chi connectivity index (χ0) is 22.7. The van der Waals surface area contributed by atoms with Crippen molar-refractivity contribution in [3.63, 3.8) is 0 Å². The number of benzene rings is 1. The third-order valence-corrected chi connectivity index (χ3v) is 6.29. The number of nitrogens with one attached hydrogen (secondary N) is 1. The minimum Gasteiger partial charge on any atom is -0.366 e. The van der Waals surface area contributed by atoms with E-state index in [1.54, 1.807) is 16.8 Å². The highest BCUT2D eigenvalue weighted by atomic mass is 35.5. The van der Waals surface area contributed by atoms with Crippen molar-refractivity contribution in [1.29, 1.82) is 0 Å². The highest BCUT2D eigenvalue weighted by molar-refractivity contribution is 6.33. The van der Waals surface area contributed by atoms with Crippen molar-refractivity contribution in [1.82, 2.24) is 29.1 Å². The Hall–Kier alpha value is -4.18. The molecule has 0 unspecified atom stereocenters. The van der Waals surface area contributed by atoms with E-state index in [2.05, 4.69) is 15.0 Å². The number of hydrogen-bond donors (Lipinski definition) is 2. The second-order valence-corrected chi connectivity index (χ2v) is 8.18. The monoisotopic (exact) mass is 460 g/mol. The summed E-state index contributed by atoms with van der Waals surface area (Å²) in [5, 5.41) is 5.65. The number of primary amides is 1. The molecule has 1 aliphatic heterocycles. The van der Waals surface area contributed by atoms with E-state index in [9.17, 15) is 9.59 Å². The maximum absolute atomic E-state index is 13.5. The number of nitrogens with two attached hydrogens (primary N) is 1. The first-order valence-electron chi connectivity index (χ1n) is 10.3. The molecular formula is C22H17ClN8O2. The molecule has 11 heteroatoms. The molecule has 1 fully saturated rings. The van der Waals surface area contributed by atoms with E-state index in [1.807, 2.05) is 35.2 Å². The first kappa shape index (κ1) is 19.5. The van der Waals surface area contributed by atoms with Crippen molar-refractivity contribution in [3.05, 3.63) is 81.9 Å². The lowest BCUT2D eigenvalue weighted by Crippen LogP contribution is -2.45. The Labute approximate surface area is 191 Å².